The average molecular weight is 299 g/mol. The molecule has 0 saturated carbocycles. The van der Waals surface area contributed by atoms with Gasteiger partial charge in [0.25, 0.3) is 0 Å². The summed E-state index contributed by atoms with van der Waals surface area (Å²) in [5.74, 6) is 0. The number of rotatable bonds is 7. The van der Waals surface area contributed by atoms with Crippen LogP contribution < -0.4 is 5.32 Å². The van der Waals surface area contributed by atoms with Crippen molar-refractivity contribution in [3.05, 3.63) is 34.3 Å². The highest BCUT2D eigenvalue weighted by molar-refractivity contribution is 9.10. The van der Waals surface area contributed by atoms with Gasteiger partial charge in [-0.3, -0.25) is 0 Å². The molecule has 1 aromatic carbocycles. The van der Waals surface area contributed by atoms with Gasteiger partial charge in [0.15, 0.2) is 0 Å². The van der Waals surface area contributed by atoms with E-state index < -0.39 is 0 Å². The Hall–Kier alpha value is -0.380. The minimum atomic E-state index is 0.406. The predicted molar refractivity (Wildman–Crippen MR) is 78.3 cm³/mol. The molecule has 2 nitrogen and oxygen atoms in total. The maximum Gasteiger partial charge on any atom is 0.0292 e. The van der Waals surface area contributed by atoms with Crippen LogP contribution in [0.1, 0.15) is 32.4 Å². The SMILES string of the molecule is CCN(CC)CCNC(C)c1cccc(Br)c1. The van der Waals surface area contributed by atoms with Gasteiger partial charge < -0.3 is 10.2 Å². The van der Waals surface area contributed by atoms with Crippen LogP contribution >= 0.6 is 15.9 Å². The molecule has 0 spiro atoms. The molecule has 1 unspecified atom stereocenters. The number of likely N-dealkylation sites (N-methyl/N-ethyl adjacent to an activating group) is 1. The summed E-state index contributed by atoms with van der Waals surface area (Å²) in [5.41, 5.74) is 1.33. The Balaban J connectivity index is 2.37. The number of nitrogens with zero attached hydrogens (tertiary/aromatic N) is 1. The molecule has 0 bridgehead atoms. The summed E-state index contributed by atoms with van der Waals surface area (Å²) in [6, 6.07) is 8.89. The largest absolute Gasteiger partial charge is 0.309 e. The van der Waals surface area contributed by atoms with Crippen molar-refractivity contribution < 1.29 is 0 Å². The summed E-state index contributed by atoms with van der Waals surface area (Å²) in [6.07, 6.45) is 0. The Morgan fingerprint density at radius 3 is 2.59 bits per heavy atom. The van der Waals surface area contributed by atoms with E-state index in [4.69, 9.17) is 0 Å². The standard InChI is InChI=1S/C14H23BrN2/c1-4-17(5-2)10-9-16-12(3)13-7-6-8-14(15)11-13/h6-8,11-12,16H,4-5,9-10H2,1-3H3. The molecule has 3 heteroatoms. The molecule has 0 aliphatic rings. The third-order valence-corrected chi connectivity index (χ3v) is 3.61. The topological polar surface area (TPSA) is 15.3 Å². The summed E-state index contributed by atoms with van der Waals surface area (Å²) in [7, 11) is 0. The number of benzene rings is 1. The second kappa shape index (κ2) is 7.85. The molecule has 1 atom stereocenters. The van der Waals surface area contributed by atoms with Crippen LogP contribution in [-0.2, 0) is 0 Å². The summed E-state index contributed by atoms with van der Waals surface area (Å²) < 4.78 is 1.15. The molecule has 17 heavy (non-hydrogen) atoms. The van der Waals surface area contributed by atoms with E-state index in [1.807, 2.05) is 0 Å². The highest BCUT2D eigenvalue weighted by Gasteiger charge is 2.05. The lowest BCUT2D eigenvalue weighted by atomic mass is 10.1. The normalized spacial score (nSPS) is 13.0. The van der Waals surface area contributed by atoms with Crippen LogP contribution in [0.2, 0.25) is 0 Å². The summed E-state index contributed by atoms with van der Waals surface area (Å²) in [4.78, 5) is 2.43. The zero-order chi connectivity index (χ0) is 12.7. The molecule has 0 radical (unpaired) electrons. The summed E-state index contributed by atoms with van der Waals surface area (Å²) >= 11 is 3.51. The van der Waals surface area contributed by atoms with E-state index in [0.717, 1.165) is 30.7 Å². The van der Waals surface area contributed by atoms with Crippen LogP contribution in [0.5, 0.6) is 0 Å². The molecule has 0 heterocycles. The van der Waals surface area contributed by atoms with Crippen LogP contribution in [0, 0.1) is 0 Å². The molecule has 1 rings (SSSR count). The van der Waals surface area contributed by atoms with Crippen molar-refractivity contribution in [1.29, 1.82) is 0 Å². The van der Waals surface area contributed by atoms with Gasteiger partial charge >= 0.3 is 0 Å². The third kappa shape index (κ3) is 5.19. The van der Waals surface area contributed by atoms with Crippen LogP contribution in [0.3, 0.4) is 0 Å². The second-order valence-corrected chi connectivity index (χ2v) is 5.17. The Morgan fingerprint density at radius 2 is 2.00 bits per heavy atom. The number of halogens is 1. The molecular formula is C14H23BrN2. The van der Waals surface area contributed by atoms with E-state index in [1.54, 1.807) is 0 Å². The molecule has 0 amide bonds. The first kappa shape index (κ1) is 14.7. The summed E-state index contributed by atoms with van der Waals surface area (Å²) in [5, 5.41) is 3.56. The van der Waals surface area contributed by atoms with E-state index >= 15 is 0 Å². The number of nitrogens with one attached hydrogen (secondary N) is 1. The molecule has 1 N–H and O–H groups in total. The molecule has 96 valence electrons. The Kier molecular flexibility index (Phi) is 6.78. The van der Waals surface area contributed by atoms with Crippen LogP contribution in [0.4, 0.5) is 0 Å². The fourth-order valence-electron chi connectivity index (χ4n) is 1.87. The Labute approximate surface area is 114 Å². The predicted octanol–water partition coefficient (Wildman–Crippen LogP) is 3.44. The van der Waals surface area contributed by atoms with Gasteiger partial charge in [-0.25, -0.2) is 0 Å². The smallest absolute Gasteiger partial charge is 0.0292 e. The first-order chi connectivity index (χ1) is 8.17. The van der Waals surface area contributed by atoms with Crippen molar-refractivity contribution in [2.45, 2.75) is 26.8 Å². The van der Waals surface area contributed by atoms with Gasteiger partial charge in [-0.15, -0.1) is 0 Å². The van der Waals surface area contributed by atoms with Gasteiger partial charge in [-0.2, -0.15) is 0 Å². The number of hydrogen-bond acceptors (Lipinski definition) is 2. The fraction of sp³-hybridized carbons (Fsp3) is 0.571. The zero-order valence-electron chi connectivity index (χ0n) is 11.0. The van der Waals surface area contributed by atoms with Gasteiger partial charge in [-0.1, -0.05) is 41.9 Å². The van der Waals surface area contributed by atoms with Crippen LogP contribution in [0.25, 0.3) is 0 Å². The van der Waals surface area contributed by atoms with Gasteiger partial charge in [0.05, 0.1) is 0 Å². The fourth-order valence-corrected chi connectivity index (χ4v) is 2.29. The first-order valence-electron chi connectivity index (χ1n) is 6.38. The van der Waals surface area contributed by atoms with Crippen molar-refractivity contribution in [3.63, 3.8) is 0 Å². The highest BCUT2D eigenvalue weighted by atomic mass is 79.9. The maximum atomic E-state index is 3.56. The van der Waals surface area contributed by atoms with E-state index in [-0.39, 0.29) is 0 Å². The molecule has 0 aliphatic heterocycles. The lowest BCUT2D eigenvalue weighted by Gasteiger charge is -2.20. The zero-order valence-corrected chi connectivity index (χ0v) is 12.6. The average Bonchev–Trinajstić information content (AvgIpc) is 2.34. The van der Waals surface area contributed by atoms with E-state index in [1.165, 1.54) is 5.56 Å². The molecule has 0 aromatic heterocycles. The lowest BCUT2D eigenvalue weighted by molar-refractivity contribution is 0.298. The van der Waals surface area contributed by atoms with E-state index in [2.05, 4.69) is 71.2 Å². The minimum absolute atomic E-state index is 0.406. The third-order valence-electron chi connectivity index (χ3n) is 3.12. The Morgan fingerprint density at radius 1 is 1.29 bits per heavy atom. The first-order valence-corrected chi connectivity index (χ1v) is 7.17. The van der Waals surface area contributed by atoms with E-state index in [9.17, 15) is 0 Å². The van der Waals surface area contributed by atoms with Crippen molar-refractivity contribution in [2.75, 3.05) is 26.2 Å². The summed E-state index contributed by atoms with van der Waals surface area (Å²) in [6.45, 7) is 11.0. The Bertz CT molecular complexity index is 324. The molecule has 0 saturated heterocycles. The second-order valence-electron chi connectivity index (χ2n) is 4.26. The molecule has 0 aliphatic carbocycles. The monoisotopic (exact) mass is 298 g/mol. The van der Waals surface area contributed by atoms with Gasteiger partial charge in [0.1, 0.15) is 0 Å². The van der Waals surface area contributed by atoms with E-state index in [0.29, 0.717) is 6.04 Å². The van der Waals surface area contributed by atoms with Gasteiger partial charge in [0.2, 0.25) is 0 Å². The lowest BCUT2D eigenvalue weighted by Crippen LogP contribution is -2.33. The van der Waals surface area contributed by atoms with Crippen molar-refractivity contribution in [1.82, 2.24) is 10.2 Å². The molecular weight excluding hydrogens is 276 g/mol. The highest BCUT2D eigenvalue weighted by Crippen LogP contribution is 2.17. The number of hydrogen-bond donors (Lipinski definition) is 1. The molecule has 0 fully saturated rings. The van der Waals surface area contributed by atoms with Crippen molar-refractivity contribution in [2.24, 2.45) is 0 Å². The minimum Gasteiger partial charge on any atom is -0.309 e. The maximum absolute atomic E-state index is 3.56. The quantitative estimate of drug-likeness (QED) is 0.829. The van der Waals surface area contributed by atoms with Gasteiger partial charge in [0, 0.05) is 23.6 Å². The molecule has 1 aromatic rings. The van der Waals surface area contributed by atoms with Crippen LogP contribution in [-0.4, -0.2) is 31.1 Å². The van der Waals surface area contributed by atoms with Gasteiger partial charge in [-0.05, 0) is 37.7 Å². The van der Waals surface area contributed by atoms with Crippen molar-refractivity contribution in [3.8, 4) is 0 Å². The van der Waals surface area contributed by atoms with Crippen molar-refractivity contribution >= 4 is 15.9 Å². The van der Waals surface area contributed by atoms with Crippen LogP contribution in [0.15, 0.2) is 28.7 Å².